The van der Waals surface area contributed by atoms with Gasteiger partial charge in [-0.15, -0.1) is 0 Å². The first-order valence-electron chi connectivity index (χ1n) is 8.73. The minimum Gasteiger partial charge on any atom is -0.280 e. The fraction of sp³-hybridized carbons (Fsp3) is 0.0476. The van der Waals surface area contributed by atoms with Gasteiger partial charge >= 0.3 is 0 Å². The predicted octanol–water partition coefficient (Wildman–Crippen LogP) is 4.87. The molecule has 0 saturated carbocycles. The van der Waals surface area contributed by atoms with Gasteiger partial charge in [-0.1, -0.05) is 47.0 Å². The van der Waals surface area contributed by atoms with Crippen LogP contribution in [0.2, 0.25) is 10.0 Å². The molecule has 154 valence electrons. The molecule has 30 heavy (non-hydrogen) atoms. The number of rotatable bonds is 6. The summed E-state index contributed by atoms with van der Waals surface area (Å²) in [5, 5.41) is 4.68. The summed E-state index contributed by atoms with van der Waals surface area (Å²) in [6.07, 6.45) is 1.35. The van der Waals surface area contributed by atoms with Gasteiger partial charge in [-0.05, 0) is 55.5 Å². The maximum absolute atomic E-state index is 12.4. The Balaban J connectivity index is 1.65. The van der Waals surface area contributed by atoms with Gasteiger partial charge in [-0.2, -0.15) is 5.10 Å². The van der Waals surface area contributed by atoms with Crippen LogP contribution in [-0.2, 0) is 10.0 Å². The average Bonchev–Trinajstić information content (AvgIpc) is 2.70. The van der Waals surface area contributed by atoms with E-state index in [1.54, 1.807) is 30.3 Å². The number of hydrogen-bond acceptors (Lipinski definition) is 4. The highest BCUT2D eigenvalue weighted by Crippen LogP contribution is 2.22. The Labute approximate surface area is 184 Å². The predicted molar refractivity (Wildman–Crippen MR) is 120 cm³/mol. The van der Waals surface area contributed by atoms with Gasteiger partial charge in [-0.3, -0.25) is 9.52 Å². The molecule has 0 bridgehead atoms. The van der Waals surface area contributed by atoms with Gasteiger partial charge in [0, 0.05) is 16.8 Å². The number of anilines is 1. The number of nitrogens with zero attached hydrogens (tertiary/aromatic N) is 1. The SMILES string of the molecule is Cc1ccc(S(=O)(=O)Nc2ccc(C(=O)N/N=C\c3c(Cl)cccc3Cl)cc2)cc1. The van der Waals surface area contributed by atoms with Crippen LogP contribution in [0.25, 0.3) is 0 Å². The number of hydrazone groups is 1. The van der Waals surface area contributed by atoms with Crippen LogP contribution in [0.15, 0.2) is 76.7 Å². The summed E-state index contributed by atoms with van der Waals surface area (Å²) >= 11 is 12.1. The van der Waals surface area contributed by atoms with Crippen molar-refractivity contribution in [1.82, 2.24) is 5.43 Å². The van der Waals surface area contributed by atoms with Crippen LogP contribution in [-0.4, -0.2) is 20.5 Å². The summed E-state index contributed by atoms with van der Waals surface area (Å²) in [6.45, 7) is 1.88. The standard InChI is InChI=1S/C21H17Cl2N3O3S/c1-14-5-11-17(12-6-14)30(28,29)26-16-9-7-15(8-10-16)21(27)25-24-13-18-19(22)3-2-4-20(18)23/h2-13,26H,1H3,(H,25,27)/b24-13-. The van der Waals surface area contributed by atoms with Crippen LogP contribution >= 0.6 is 23.2 Å². The Hall–Kier alpha value is -2.87. The highest BCUT2D eigenvalue weighted by Gasteiger charge is 2.14. The monoisotopic (exact) mass is 461 g/mol. The van der Waals surface area contributed by atoms with E-state index in [1.807, 2.05) is 6.92 Å². The molecule has 9 heteroatoms. The quantitative estimate of drug-likeness (QED) is 0.405. The largest absolute Gasteiger partial charge is 0.280 e. The number of nitrogens with one attached hydrogen (secondary N) is 2. The van der Waals surface area contributed by atoms with E-state index in [0.717, 1.165) is 5.56 Å². The summed E-state index contributed by atoms with van der Waals surface area (Å²) < 4.78 is 27.3. The molecule has 0 saturated heterocycles. The van der Waals surface area contributed by atoms with Crippen molar-refractivity contribution in [1.29, 1.82) is 0 Å². The Morgan fingerprint density at radius 3 is 2.13 bits per heavy atom. The first-order valence-corrected chi connectivity index (χ1v) is 11.0. The van der Waals surface area contributed by atoms with E-state index >= 15 is 0 Å². The van der Waals surface area contributed by atoms with E-state index in [-0.39, 0.29) is 4.90 Å². The van der Waals surface area contributed by atoms with Gasteiger partial charge in [0.1, 0.15) is 0 Å². The second-order valence-electron chi connectivity index (χ2n) is 6.33. The highest BCUT2D eigenvalue weighted by molar-refractivity contribution is 7.92. The third-order valence-electron chi connectivity index (χ3n) is 4.09. The molecule has 0 aliphatic rings. The van der Waals surface area contributed by atoms with Crippen LogP contribution in [0.3, 0.4) is 0 Å². The molecule has 2 N–H and O–H groups in total. The smallest absolute Gasteiger partial charge is 0.271 e. The molecule has 0 heterocycles. The number of amides is 1. The zero-order chi connectivity index (χ0) is 21.7. The molecule has 0 spiro atoms. The van der Waals surface area contributed by atoms with Crippen molar-refractivity contribution in [3.63, 3.8) is 0 Å². The van der Waals surface area contributed by atoms with Crippen molar-refractivity contribution in [2.24, 2.45) is 5.10 Å². The molecule has 0 fully saturated rings. The third-order valence-corrected chi connectivity index (χ3v) is 6.15. The second-order valence-corrected chi connectivity index (χ2v) is 8.83. The number of carbonyl (C=O) groups excluding carboxylic acids is 1. The minimum atomic E-state index is -3.72. The first-order chi connectivity index (χ1) is 14.3. The van der Waals surface area contributed by atoms with Gasteiger partial charge < -0.3 is 0 Å². The van der Waals surface area contributed by atoms with E-state index in [4.69, 9.17) is 23.2 Å². The van der Waals surface area contributed by atoms with Crippen molar-refractivity contribution < 1.29 is 13.2 Å². The van der Waals surface area contributed by atoms with Gasteiger partial charge in [0.15, 0.2) is 0 Å². The van der Waals surface area contributed by atoms with E-state index in [1.165, 1.54) is 42.6 Å². The maximum Gasteiger partial charge on any atom is 0.271 e. The molecule has 3 aromatic rings. The molecule has 3 rings (SSSR count). The van der Waals surface area contributed by atoms with Gasteiger partial charge in [-0.25, -0.2) is 13.8 Å². The lowest BCUT2D eigenvalue weighted by molar-refractivity contribution is 0.0955. The zero-order valence-corrected chi connectivity index (χ0v) is 18.1. The van der Waals surface area contributed by atoms with Crippen LogP contribution in [0, 0.1) is 6.92 Å². The highest BCUT2D eigenvalue weighted by atomic mass is 35.5. The molecule has 0 atom stereocenters. The minimum absolute atomic E-state index is 0.155. The summed E-state index contributed by atoms with van der Waals surface area (Å²) in [4.78, 5) is 12.4. The summed E-state index contributed by atoms with van der Waals surface area (Å²) in [5.74, 6) is -0.470. The third kappa shape index (κ3) is 5.38. The Morgan fingerprint density at radius 2 is 1.53 bits per heavy atom. The van der Waals surface area contributed by atoms with Crippen molar-refractivity contribution in [2.75, 3.05) is 4.72 Å². The van der Waals surface area contributed by atoms with E-state index < -0.39 is 15.9 Å². The van der Waals surface area contributed by atoms with E-state index in [9.17, 15) is 13.2 Å². The van der Waals surface area contributed by atoms with Gasteiger partial charge in [0.05, 0.1) is 21.2 Å². The van der Waals surface area contributed by atoms with Crippen LogP contribution in [0.4, 0.5) is 5.69 Å². The van der Waals surface area contributed by atoms with Crippen molar-refractivity contribution in [3.8, 4) is 0 Å². The topological polar surface area (TPSA) is 87.6 Å². The number of hydrogen-bond donors (Lipinski definition) is 2. The molecular formula is C21H17Cl2N3O3S. The average molecular weight is 462 g/mol. The number of carbonyl (C=O) groups is 1. The van der Waals surface area contributed by atoms with E-state index in [0.29, 0.717) is 26.9 Å². The number of halogens is 2. The number of aryl methyl sites for hydroxylation is 1. The van der Waals surface area contributed by atoms with Gasteiger partial charge in [0.25, 0.3) is 15.9 Å². The lowest BCUT2D eigenvalue weighted by Crippen LogP contribution is -2.18. The molecule has 0 radical (unpaired) electrons. The fourth-order valence-electron chi connectivity index (χ4n) is 2.48. The zero-order valence-electron chi connectivity index (χ0n) is 15.8. The normalized spacial score (nSPS) is 11.4. The summed E-state index contributed by atoms with van der Waals surface area (Å²) in [5.41, 5.74) is 4.46. The lowest BCUT2D eigenvalue weighted by atomic mass is 10.2. The molecule has 0 unspecified atom stereocenters. The number of sulfonamides is 1. The molecule has 3 aromatic carbocycles. The van der Waals surface area contributed by atoms with Crippen LogP contribution < -0.4 is 10.1 Å². The Morgan fingerprint density at radius 1 is 0.933 bits per heavy atom. The molecule has 6 nitrogen and oxygen atoms in total. The van der Waals surface area contributed by atoms with Crippen LogP contribution in [0.5, 0.6) is 0 Å². The second kappa shape index (κ2) is 9.30. The Bertz CT molecular complexity index is 1170. The summed E-state index contributed by atoms with van der Waals surface area (Å²) in [6, 6.07) is 17.5. The first kappa shape index (κ1) is 21.8. The lowest BCUT2D eigenvalue weighted by Gasteiger charge is -2.09. The van der Waals surface area contributed by atoms with Crippen molar-refractivity contribution >= 4 is 51.0 Å². The summed E-state index contributed by atoms with van der Waals surface area (Å²) in [7, 11) is -3.72. The fourth-order valence-corrected chi connectivity index (χ4v) is 4.03. The van der Waals surface area contributed by atoms with Crippen molar-refractivity contribution in [3.05, 3.63) is 93.5 Å². The number of benzene rings is 3. The maximum atomic E-state index is 12.4. The molecule has 0 aliphatic carbocycles. The Kier molecular flexibility index (Phi) is 6.77. The van der Waals surface area contributed by atoms with E-state index in [2.05, 4.69) is 15.2 Å². The molecule has 0 aliphatic heterocycles. The molecular weight excluding hydrogens is 445 g/mol. The van der Waals surface area contributed by atoms with Crippen molar-refractivity contribution in [2.45, 2.75) is 11.8 Å². The van der Waals surface area contributed by atoms with Crippen LogP contribution in [0.1, 0.15) is 21.5 Å². The molecule has 1 amide bonds. The van der Waals surface area contributed by atoms with Gasteiger partial charge in [0.2, 0.25) is 0 Å². The molecule has 0 aromatic heterocycles.